The van der Waals surface area contributed by atoms with Crippen molar-refractivity contribution in [1.29, 1.82) is 0 Å². The van der Waals surface area contributed by atoms with Crippen molar-refractivity contribution in [3.05, 3.63) is 51.2 Å². The number of nitro benzene ring substituents is 1. The van der Waals surface area contributed by atoms with Crippen LogP contribution < -0.4 is 5.73 Å². The second-order valence-electron chi connectivity index (χ2n) is 6.62. The molecule has 0 bridgehead atoms. The van der Waals surface area contributed by atoms with Crippen LogP contribution in [-0.4, -0.2) is 22.7 Å². The first kappa shape index (κ1) is 17.8. The molecule has 2 N–H and O–H groups in total. The quantitative estimate of drug-likeness (QED) is 0.384. The van der Waals surface area contributed by atoms with Crippen LogP contribution in [0.5, 0.6) is 0 Å². The van der Waals surface area contributed by atoms with Gasteiger partial charge in [-0.3, -0.25) is 15.1 Å². The Bertz CT molecular complexity index is 854. The Morgan fingerprint density at radius 1 is 1.27 bits per heavy atom. The lowest BCUT2D eigenvalue weighted by Gasteiger charge is -2.32. The van der Waals surface area contributed by atoms with Gasteiger partial charge in [0.25, 0.3) is 5.69 Å². The Morgan fingerprint density at radius 3 is 2.50 bits per heavy atom. The second kappa shape index (κ2) is 6.70. The number of benzene rings is 1. The van der Waals surface area contributed by atoms with Gasteiger partial charge in [0.2, 0.25) is 0 Å². The molecule has 1 amide bonds. The molecular weight excluding hydrogens is 338 g/mol. The van der Waals surface area contributed by atoms with Gasteiger partial charge in [-0.2, -0.15) is 0 Å². The van der Waals surface area contributed by atoms with Crippen molar-refractivity contribution in [1.82, 2.24) is 0 Å². The molecule has 3 rings (SSSR count). The lowest BCUT2D eigenvalue weighted by molar-refractivity contribution is -0.385. The van der Waals surface area contributed by atoms with Crippen molar-refractivity contribution in [2.45, 2.75) is 32.6 Å². The first-order valence-electron chi connectivity index (χ1n) is 8.32. The van der Waals surface area contributed by atoms with Crippen LogP contribution in [0, 0.1) is 22.0 Å². The number of nitrogens with two attached hydrogens (primary N) is 1. The molecular formula is C18H19N3O5. The zero-order chi connectivity index (χ0) is 19.0. The van der Waals surface area contributed by atoms with Crippen LogP contribution in [0.4, 0.5) is 10.5 Å². The van der Waals surface area contributed by atoms with Crippen LogP contribution in [0.1, 0.15) is 38.2 Å². The highest BCUT2D eigenvalue weighted by Crippen LogP contribution is 2.51. The average Bonchev–Trinajstić information content (AvgIpc) is 3.37. The molecule has 2 unspecified atom stereocenters. The fourth-order valence-electron chi connectivity index (χ4n) is 3.80. The highest BCUT2D eigenvalue weighted by Gasteiger charge is 2.47. The van der Waals surface area contributed by atoms with Crippen LogP contribution in [0.25, 0.3) is 0 Å². The van der Waals surface area contributed by atoms with E-state index in [1.54, 1.807) is 25.1 Å². The number of ether oxygens (including phenoxy) is 1. The molecule has 2 atom stereocenters. The smallest absolute Gasteiger partial charge is 0.373 e. The maximum Gasteiger partial charge on any atom is 0.412 e. The summed E-state index contributed by atoms with van der Waals surface area (Å²) in [6.45, 7) is 3.50. The average molecular weight is 357 g/mol. The summed E-state index contributed by atoms with van der Waals surface area (Å²) < 4.78 is 4.60. The Morgan fingerprint density at radius 2 is 1.92 bits per heavy atom. The summed E-state index contributed by atoms with van der Waals surface area (Å²) in [5, 5.41) is 11.5. The summed E-state index contributed by atoms with van der Waals surface area (Å²) in [5.74, 6) is -1.38. The number of esters is 1. The van der Waals surface area contributed by atoms with E-state index in [1.807, 2.05) is 6.92 Å². The van der Waals surface area contributed by atoms with Crippen LogP contribution >= 0.6 is 0 Å². The minimum Gasteiger partial charge on any atom is -0.373 e. The molecule has 1 fully saturated rings. The standard InChI is InChI=1S/C18H19N3O5/c1-9-14(11-7-8-11)16(12-5-3-4-6-13(12)21(24)25)15(10(2)20-9)17(22)26-18(19)23/h3-6,11,14,16H,7-8H2,1-2H3,(H2,19,23). The largest absolute Gasteiger partial charge is 0.412 e. The van der Waals surface area contributed by atoms with E-state index in [-0.39, 0.29) is 23.1 Å². The van der Waals surface area contributed by atoms with E-state index < -0.39 is 22.9 Å². The number of allylic oxidation sites excluding steroid dienone is 1. The summed E-state index contributed by atoms with van der Waals surface area (Å²) in [6.07, 6.45) is 0.711. The molecule has 1 aromatic rings. The molecule has 1 aliphatic heterocycles. The van der Waals surface area contributed by atoms with E-state index in [0.717, 1.165) is 18.6 Å². The van der Waals surface area contributed by atoms with Gasteiger partial charge in [0, 0.05) is 34.9 Å². The number of primary amides is 1. The predicted octanol–water partition coefficient (Wildman–Crippen LogP) is 3.08. The van der Waals surface area contributed by atoms with E-state index >= 15 is 0 Å². The first-order chi connectivity index (χ1) is 12.3. The number of nitrogens with zero attached hydrogens (tertiary/aromatic N) is 2. The van der Waals surface area contributed by atoms with E-state index in [4.69, 9.17) is 5.73 Å². The topological polar surface area (TPSA) is 125 Å². The summed E-state index contributed by atoms with van der Waals surface area (Å²) in [7, 11) is 0. The molecule has 0 saturated heterocycles. The van der Waals surface area contributed by atoms with Crippen LogP contribution in [0.2, 0.25) is 0 Å². The van der Waals surface area contributed by atoms with Crippen molar-refractivity contribution >= 4 is 23.5 Å². The fraction of sp³-hybridized carbons (Fsp3) is 0.389. The summed E-state index contributed by atoms with van der Waals surface area (Å²) in [5.41, 5.74) is 6.69. The lowest BCUT2D eigenvalue weighted by Crippen LogP contribution is -2.33. The number of nitro groups is 1. The zero-order valence-electron chi connectivity index (χ0n) is 14.5. The Kier molecular flexibility index (Phi) is 4.58. The monoisotopic (exact) mass is 357 g/mol. The van der Waals surface area contributed by atoms with Gasteiger partial charge in [0.1, 0.15) is 0 Å². The SMILES string of the molecule is CC1=NC(C)=C(C(=O)OC(N)=O)C(c2ccccc2[N+](=O)[O-])C1C1CC1. The first-order valence-corrected chi connectivity index (χ1v) is 8.32. The number of carbonyl (C=O) groups is 2. The van der Waals surface area contributed by atoms with Crippen molar-refractivity contribution in [2.75, 3.05) is 0 Å². The fourth-order valence-corrected chi connectivity index (χ4v) is 3.80. The van der Waals surface area contributed by atoms with E-state index in [1.165, 1.54) is 6.07 Å². The highest BCUT2D eigenvalue weighted by atomic mass is 16.6. The van der Waals surface area contributed by atoms with E-state index in [2.05, 4.69) is 9.73 Å². The Balaban J connectivity index is 2.19. The minimum atomic E-state index is -1.22. The van der Waals surface area contributed by atoms with Gasteiger partial charge in [-0.05, 0) is 32.6 Å². The van der Waals surface area contributed by atoms with Gasteiger partial charge >= 0.3 is 12.1 Å². The molecule has 26 heavy (non-hydrogen) atoms. The number of para-hydroxylation sites is 1. The molecule has 2 aliphatic rings. The third-order valence-electron chi connectivity index (χ3n) is 4.90. The molecule has 1 saturated carbocycles. The number of aliphatic imine (C=N–C) groups is 1. The van der Waals surface area contributed by atoms with Gasteiger partial charge in [-0.15, -0.1) is 0 Å². The number of rotatable bonds is 4. The molecule has 8 nitrogen and oxygen atoms in total. The Labute approximate surface area is 149 Å². The Hall–Kier alpha value is -3.03. The van der Waals surface area contributed by atoms with Crippen molar-refractivity contribution in [2.24, 2.45) is 22.6 Å². The maximum absolute atomic E-state index is 12.6. The van der Waals surface area contributed by atoms with Crippen molar-refractivity contribution in [3.8, 4) is 0 Å². The van der Waals surface area contributed by atoms with Crippen LogP contribution in [0.15, 0.2) is 40.5 Å². The van der Waals surface area contributed by atoms with Crippen molar-refractivity contribution < 1.29 is 19.2 Å². The number of amides is 1. The summed E-state index contributed by atoms with van der Waals surface area (Å²) in [4.78, 5) is 39.2. The number of hydrogen-bond acceptors (Lipinski definition) is 6. The van der Waals surface area contributed by atoms with E-state index in [0.29, 0.717) is 11.3 Å². The second-order valence-corrected chi connectivity index (χ2v) is 6.62. The molecule has 136 valence electrons. The number of carbonyl (C=O) groups excluding carboxylic acids is 2. The predicted molar refractivity (Wildman–Crippen MR) is 93.5 cm³/mol. The maximum atomic E-state index is 12.6. The molecule has 0 spiro atoms. The minimum absolute atomic E-state index is 0.0741. The summed E-state index contributed by atoms with van der Waals surface area (Å²) >= 11 is 0. The third-order valence-corrected chi connectivity index (χ3v) is 4.90. The molecule has 0 radical (unpaired) electrons. The van der Waals surface area contributed by atoms with Gasteiger partial charge in [0.05, 0.1) is 10.5 Å². The molecule has 8 heteroatoms. The number of hydrogen-bond donors (Lipinski definition) is 1. The van der Waals surface area contributed by atoms with Crippen LogP contribution in [-0.2, 0) is 9.53 Å². The summed E-state index contributed by atoms with van der Waals surface area (Å²) in [6, 6.07) is 6.32. The van der Waals surface area contributed by atoms with Gasteiger partial charge in [-0.25, -0.2) is 9.59 Å². The highest BCUT2D eigenvalue weighted by molar-refractivity contribution is 6.01. The molecule has 1 aliphatic carbocycles. The third kappa shape index (κ3) is 3.22. The van der Waals surface area contributed by atoms with Gasteiger partial charge in [0.15, 0.2) is 0 Å². The van der Waals surface area contributed by atoms with E-state index in [9.17, 15) is 19.7 Å². The van der Waals surface area contributed by atoms with Gasteiger partial charge < -0.3 is 10.5 Å². The molecule has 1 aromatic carbocycles. The van der Waals surface area contributed by atoms with Crippen molar-refractivity contribution in [3.63, 3.8) is 0 Å². The van der Waals surface area contributed by atoms with Gasteiger partial charge in [-0.1, -0.05) is 18.2 Å². The zero-order valence-corrected chi connectivity index (χ0v) is 14.5. The normalized spacial score (nSPS) is 22.6. The lowest BCUT2D eigenvalue weighted by atomic mass is 9.73. The molecule has 0 aromatic heterocycles. The molecule has 1 heterocycles. The van der Waals surface area contributed by atoms with Crippen LogP contribution in [0.3, 0.4) is 0 Å².